The highest BCUT2D eigenvalue weighted by atomic mass is 31.2. The van der Waals surface area contributed by atoms with Crippen molar-refractivity contribution in [2.75, 3.05) is 6.54 Å². The van der Waals surface area contributed by atoms with Gasteiger partial charge >= 0.3 is 6.09 Å². The van der Waals surface area contributed by atoms with E-state index in [-0.39, 0.29) is 6.61 Å². The highest BCUT2D eigenvalue weighted by Gasteiger charge is 2.19. The number of carbonyl (C=O) groups is 3. The van der Waals surface area contributed by atoms with Gasteiger partial charge in [0.2, 0.25) is 11.8 Å². The smallest absolute Gasteiger partial charge is 0.407 e. The molecular weight excluding hydrogens is 365 g/mol. The van der Waals surface area contributed by atoms with Gasteiger partial charge in [-0.2, -0.15) is 0 Å². The molecule has 144 valence electrons. The molecule has 0 aromatic heterocycles. The number of ether oxygens (including phenoxy) is 1. The second kappa shape index (κ2) is 9.91. The normalized spacial score (nSPS) is 13.2. The molecule has 0 saturated carbocycles. The predicted molar refractivity (Wildman–Crippen MR) is 87.4 cm³/mol. The summed E-state index contributed by atoms with van der Waals surface area (Å²) in [5.74, 6) is -3.13. The molecular formula is C15H20N3O7P-2. The number of amides is 3. The zero-order valence-electron chi connectivity index (χ0n) is 14.3. The van der Waals surface area contributed by atoms with Gasteiger partial charge in [-0.05, 0) is 27.0 Å². The Kier molecular flexibility index (Phi) is 8.24. The number of rotatable bonds is 8. The van der Waals surface area contributed by atoms with Crippen molar-refractivity contribution in [3.63, 3.8) is 0 Å². The van der Waals surface area contributed by atoms with Gasteiger partial charge in [-0.3, -0.25) is 9.59 Å². The van der Waals surface area contributed by atoms with E-state index in [1.54, 1.807) is 24.3 Å². The molecule has 0 unspecified atom stereocenters. The lowest BCUT2D eigenvalue weighted by Crippen LogP contribution is -2.50. The van der Waals surface area contributed by atoms with Crippen molar-refractivity contribution >= 4 is 25.5 Å². The molecule has 0 spiro atoms. The Balaban J connectivity index is 2.31. The van der Waals surface area contributed by atoms with E-state index in [4.69, 9.17) is 4.74 Å². The summed E-state index contributed by atoms with van der Waals surface area (Å²) in [6.07, 6.45) is -0.812. The van der Waals surface area contributed by atoms with Crippen molar-refractivity contribution in [3.05, 3.63) is 35.9 Å². The van der Waals surface area contributed by atoms with Crippen LogP contribution in [0.2, 0.25) is 0 Å². The van der Waals surface area contributed by atoms with Crippen molar-refractivity contribution in [2.45, 2.75) is 32.3 Å². The maximum atomic E-state index is 11.7. The van der Waals surface area contributed by atoms with Crippen LogP contribution in [-0.4, -0.2) is 36.3 Å². The third kappa shape index (κ3) is 8.11. The maximum absolute atomic E-state index is 11.7. The lowest BCUT2D eigenvalue weighted by atomic mass is 10.2. The summed E-state index contributed by atoms with van der Waals surface area (Å²) in [6, 6.07) is 7.83. The summed E-state index contributed by atoms with van der Waals surface area (Å²) >= 11 is 0. The third-order valence-corrected chi connectivity index (χ3v) is 4.28. The van der Waals surface area contributed by atoms with Crippen molar-refractivity contribution < 1.29 is 33.5 Å². The van der Waals surface area contributed by atoms with Crippen LogP contribution < -0.4 is 25.7 Å². The van der Waals surface area contributed by atoms with Crippen LogP contribution in [-0.2, 0) is 25.5 Å². The Morgan fingerprint density at radius 3 is 2.31 bits per heavy atom. The number of alkyl carbamates (subject to hydrolysis) is 1. The highest BCUT2D eigenvalue weighted by molar-refractivity contribution is 7.49. The first-order valence-electron chi connectivity index (χ1n) is 7.65. The van der Waals surface area contributed by atoms with Gasteiger partial charge in [0.25, 0.3) is 0 Å². The van der Waals surface area contributed by atoms with Gasteiger partial charge in [0.15, 0.2) is 0 Å². The monoisotopic (exact) mass is 385 g/mol. The SMILES string of the molecule is C[C@H](NC(=O)CNC(=O)OCc1ccccc1)C(=O)N[C@@H](C)P(=O)([O-])[O-]. The molecule has 0 radical (unpaired) electrons. The standard InChI is InChI=1S/C15H22N3O7P/c1-10(14(20)18-11(2)26(22,23)24)17-13(19)8-16-15(21)25-9-12-6-4-3-5-7-12/h3-7,10-11H,8-9H2,1-2H3,(H,16,21)(H,17,19)(H,18,20)(H2,22,23,24)/p-2/t10-,11+/m0/s1. The van der Waals surface area contributed by atoms with Gasteiger partial charge in [0, 0.05) is 0 Å². The highest BCUT2D eigenvalue weighted by Crippen LogP contribution is 2.28. The van der Waals surface area contributed by atoms with Gasteiger partial charge in [0.1, 0.15) is 19.2 Å². The van der Waals surface area contributed by atoms with E-state index in [0.717, 1.165) is 12.5 Å². The molecule has 3 N–H and O–H groups in total. The Morgan fingerprint density at radius 2 is 1.73 bits per heavy atom. The van der Waals surface area contributed by atoms with Crippen LogP contribution >= 0.6 is 7.60 Å². The second-order valence-electron chi connectivity index (χ2n) is 5.43. The molecule has 10 nitrogen and oxygen atoms in total. The van der Waals surface area contributed by atoms with Gasteiger partial charge in [0.05, 0.1) is 5.78 Å². The van der Waals surface area contributed by atoms with Crippen LogP contribution in [0.1, 0.15) is 19.4 Å². The van der Waals surface area contributed by atoms with Crippen LogP contribution in [0.4, 0.5) is 4.79 Å². The molecule has 1 aromatic carbocycles. The first-order chi connectivity index (χ1) is 12.1. The van der Waals surface area contributed by atoms with Crippen LogP contribution in [0.5, 0.6) is 0 Å². The number of nitrogens with one attached hydrogen (secondary N) is 3. The maximum Gasteiger partial charge on any atom is 0.407 e. The fourth-order valence-corrected chi connectivity index (χ4v) is 1.98. The fourth-order valence-electron chi connectivity index (χ4n) is 1.69. The first kappa shape index (κ1) is 21.6. The molecule has 0 aliphatic rings. The average molecular weight is 385 g/mol. The van der Waals surface area contributed by atoms with E-state index < -0.39 is 43.9 Å². The van der Waals surface area contributed by atoms with Crippen molar-refractivity contribution in [1.82, 2.24) is 16.0 Å². The van der Waals surface area contributed by atoms with Gasteiger partial charge in [-0.15, -0.1) is 0 Å². The van der Waals surface area contributed by atoms with E-state index >= 15 is 0 Å². The lowest BCUT2D eigenvalue weighted by molar-refractivity contribution is -0.316. The molecule has 2 atom stereocenters. The van der Waals surface area contributed by atoms with E-state index in [1.807, 2.05) is 11.4 Å². The first-order valence-corrected chi connectivity index (χ1v) is 9.27. The molecule has 1 aromatic rings. The molecule has 0 aliphatic carbocycles. The minimum absolute atomic E-state index is 0.0371. The Labute approximate surface area is 150 Å². The van der Waals surface area contributed by atoms with E-state index in [9.17, 15) is 28.7 Å². The molecule has 0 fully saturated rings. The zero-order chi connectivity index (χ0) is 19.7. The van der Waals surface area contributed by atoms with Crippen LogP contribution in [0.3, 0.4) is 0 Å². The minimum Gasteiger partial charge on any atom is -0.809 e. The summed E-state index contributed by atoms with van der Waals surface area (Å²) in [6.45, 7) is 1.92. The van der Waals surface area contributed by atoms with E-state index in [0.29, 0.717) is 0 Å². The Morgan fingerprint density at radius 1 is 1.12 bits per heavy atom. The predicted octanol–water partition coefficient (Wildman–Crippen LogP) is -1.21. The van der Waals surface area contributed by atoms with Crippen molar-refractivity contribution in [3.8, 4) is 0 Å². The molecule has 11 heteroatoms. The second-order valence-corrected chi connectivity index (χ2v) is 7.28. The Hall–Kier alpha value is -2.42. The quantitative estimate of drug-likeness (QED) is 0.473. The van der Waals surface area contributed by atoms with Crippen LogP contribution in [0, 0.1) is 0 Å². The minimum atomic E-state index is -4.96. The summed E-state index contributed by atoms with van der Waals surface area (Å²) < 4.78 is 15.7. The fraction of sp³-hybridized carbons (Fsp3) is 0.400. The molecule has 0 heterocycles. The molecule has 1 rings (SSSR count). The number of hydrogen-bond donors (Lipinski definition) is 3. The average Bonchev–Trinajstić information content (AvgIpc) is 2.58. The molecule has 0 bridgehead atoms. The van der Waals surface area contributed by atoms with Crippen LogP contribution in [0.25, 0.3) is 0 Å². The lowest BCUT2D eigenvalue weighted by Gasteiger charge is -2.36. The summed E-state index contributed by atoms with van der Waals surface area (Å²) in [4.78, 5) is 56.4. The van der Waals surface area contributed by atoms with Gasteiger partial charge in [-0.1, -0.05) is 30.3 Å². The zero-order valence-corrected chi connectivity index (χ0v) is 15.2. The third-order valence-electron chi connectivity index (χ3n) is 3.20. The molecule has 26 heavy (non-hydrogen) atoms. The van der Waals surface area contributed by atoms with Crippen molar-refractivity contribution in [2.24, 2.45) is 0 Å². The van der Waals surface area contributed by atoms with Gasteiger partial charge < -0.3 is 35.0 Å². The number of carbonyl (C=O) groups excluding carboxylic acids is 3. The largest absolute Gasteiger partial charge is 0.809 e. The van der Waals surface area contributed by atoms with Gasteiger partial charge in [-0.25, -0.2) is 4.79 Å². The van der Waals surface area contributed by atoms with Crippen molar-refractivity contribution in [1.29, 1.82) is 0 Å². The van der Waals surface area contributed by atoms with Crippen LogP contribution in [0.15, 0.2) is 30.3 Å². The molecule has 0 saturated heterocycles. The number of benzene rings is 1. The number of hydrogen-bond acceptors (Lipinski definition) is 7. The topological polar surface area (TPSA) is 160 Å². The van der Waals surface area contributed by atoms with E-state index in [2.05, 4.69) is 10.6 Å². The summed E-state index contributed by atoms with van der Waals surface area (Å²) in [5, 5.41) is 6.44. The summed E-state index contributed by atoms with van der Waals surface area (Å²) in [5.41, 5.74) is 0.778. The molecule has 3 amide bonds. The molecule has 0 aliphatic heterocycles. The van der Waals surface area contributed by atoms with E-state index in [1.165, 1.54) is 6.92 Å². The Bertz CT molecular complexity index is 677. The summed E-state index contributed by atoms with van der Waals surface area (Å²) in [7, 11) is -4.96.